The van der Waals surface area contributed by atoms with Crippen LogP contribution < -0.4 is 10.2 Å². The number of nitrogens with one attached hydrogen (secondary N) is 1. The van der Waals surface area contributed by atoms with E-state index in [-0.39, 0.29) is 11.8 Å². The Labute approximate surface area is 170 Å². The van der Waals surface area contributed by atoms with Crippen molar-refractivity contribution in [3.05, 3.63) is 101 Å². The molecule has 1 N–H and O–H groups in total. The van der Waals surface area contributed by atoms with E-state index in [0.717, 1.165) is 27.9 Å². The summed E-state index contributed by atoms with van der Waals surface area (Å²) in [6, 6.07) is 22.8. The van der Waals surface area contributed by atoms with Crippen LogP contribution in [-0.4, -0.2) is 11.8 Å². The van der Waals surface area contributed by atoms with Crippen LogP contribution in [0.1, 0.15) is 22.3 Å². The molecule has 3 aromatic carbocycles. The molecule has 0 atom stereocenters. The molecule has 3 aromatic rings. The summed E-state index contributed by atoms with van der Waals surface area (Å²) in [6.07, 6.45) is 0. The largest absolute Gasteiger partial charge is 0.350 e. The predicted octanol–water partition coefficient (Wildman–Crippen LogP) is 5.01. The van der Waals surface area contributed by atoms with Gasteiger partial charge in [-0.05, 0) is 49.6 Å². The van der Waals surface area contributed by atoms with Gasteiger partial charge in [-0.15, -0.1) is 0 Å². The van der Waals surface area contributed by atoms with Crippen LogP contribution in [0.3, 0.4) is 0 Å². The lowest BCUT2D eigenvalue weighted by Gasteiger charge is -2.18. The normalized spacial score (nSPS) is 14.0. The van der Waals surface area contributed by atoms with Crippen LogP contribution in [0.25, 0.3) is 5.57 Å². The highest BCUT2D eigenvalue weighted by Crippen LogP contribution is 2.35. The number of benzene rings is 3. The van der Waals surface area contributed by atoms with E-state index in [4.69, 9.17) is 0 Å². The Balaban J connectivity index is 1.86. The molecule has 1 heterocycles. The number of amides is 2. The SMILES string of the molecule is Cc1ccc(C2=C(Nc3ccccc3C)C(=O)N(c3ccccc3C)C2=O)cc1. The Hall–Kier alpha value is -3.66. The number of rotatable bonds is 4. The van der Waals surface area contributed by atoms with E-state index in [1.807, 2.05) is 87.5 Å². The number of hydrogen-bond acceptors (Lipinski definition) is 3. The maximum atomic E-state index is 13.4. The lowest BCUT2D eigenvalue weighted by molar-refractivity contribution is -0.120. The molecule has 0 aromatic heterocycles. The van der Waals surface area contributed by atoms with Gasteiger partial charge in [0.15, 0.2) is 0 Å². The Kier molecular flexibility index (Phi) is 4.77. The minimum atomic E-state index is -0.344. The van der Waals surface area contributed by atoms with Crippen molar-refractivity contribution in [3.8, 4) is 0 Å². The summed E-state index contributed by atoms with van der Waals surface area (Å²) in [7, 11) is 0. The van der Waals surface area contributed by atoms with Crippen molar-refractivity contribution in [2.24, 2.45) is 0 Å². The van der Waals surface area contributed by atoms with E-state index in [1.165, 1.54) is 4.90 Å². The van der Waals surface area contributed by atoms with E-state index in [0.29, 0.717) is 17.0 Å². The zero-order valence-electron chi connectivity index (χ0n) is 16.7. The topological polar surface area (TPSA) is 49.4 Å². The number of aryl methyl sites for hydroxylation is 3. The monoisotopic (exact) mass is 382 g/mol. The van der Waals surface area contributed by atoms with E-state index in [9.17, 15) is 9.59 Å². The summed E-state index contributed by atoms with van der Waals surface area (Å²) in [6.45, 7) is 5.86. The molecule has 0 spiro atoms. The molecule has 4 rings (SSSR count). The molecule has 0 unspecified atom stereocenters. The van der Waals surface area contributed by atoms with E-state index >= 15 is 0 Å². The lowest BCUT2D eigenvalue weighted by atomic mass is 10.0. The second kappa shape index (κ2) is 7.40. The molecule has 0 bridgehead atoms. The first-order chi connectivity index (χ1) is 14.0. The zero-order chi connectivity index (χ0) is 20.5. The molecule has 0 saturated carbocycles. The van der Waals surface area contributed by atoms with Crippen LogP contribution in [-0.2, 0) is 9.59 Å². The Morgan fingerprint density at radius 1 is 0.690 bits per heavy atom. The molecule has 4 nitrogen and oxygen atoms in total. The van der Waals surface area contributed by atoms with Crippen molar-refractivity contribution in [2.75, 3.05) is 10.2 Å². The minimum Gasteiger partial charge on any atom is -0.350 e. The van der Waals surface area contributed by atoms with Gasteiger partial charge >= 0.3 is 0 Å². The number of para-hydroxylation sites is 2. The summed E-state index contributed by atoms with van der Waals surface area (Å²) in [5.41, 5.74) is 5.79. The maximum absolute atomic E-state index is 13.4. The molecule has 0 saturated heterocycles. The number of carbonyl (C=O) groups excluding carboxylic acids is 2. The highest BCUT2D eigenvalue weighted by Gasteiger charge is 2.40. The average molecular weight is 382 g/mol. The van der Waals surface area contributed by atoms with Gasteiger partial charge in [0.25, 0.3) is 11.8 Å². The lowest BCUT2D eigenvalue weighted by Crippen LogP contribution is -2.33. The van der Waals surface area contributed by atoms with E-state index in [2.05, 4.69) is 5.32 Å². The molecule has 4 heteroatoms. The first-order valence-corrected chi connectivity index (χ1v) is 9.56. The van der Waals surface area contributed by atoms with Gasteiger partial charge in [-0.2, -0.15) is 0 Å². The molecular weight excluding hydrogens is 360 g/mol. The summed E-state index contributed by atoms with van der Waals surface area (Å²) in [5.74, 6) is -0.660. The fourth-order valence-corrected chi connectivity index (χ4v) is 3.51. The van der Waals surface area contributed by atoms with Crippen molar-refractivity contribution in [1.82, 2.24) is 0 Å². The quantitative estimate of drug-likeness (QED) is 0.646. The van der Waals surface area contributed by atoms with Crippen LogP contribution >= 0.6 is 0 Å². The van der Waals surface area contributed by atoms with Crippen molar-refractivity contribution >= 4 is 28.8 Å². The predicted molar refractivity (Wildman–Crippen MR) is 117 cm³/mol. The molecule has 0 aliphatic carbocycles. The first-order valence-electron chi connectivity index (χ1n) is 9.56. The number of hydrogen-bond donors (Lipinski definition) is 1. The average Bonchev–Trinajstić information content (AvgIpc) is 2.95. The maximum Gasteiger partial charge on any atom is 0.282 e. The molecule has 144 valence electrons. The number of imide groups is 1. The molecular formula is C25H22N2O2. The fourth-order valence-electron chi connectivity index (χ4n) is 3.51. The molecule has 1 aliphatic rings. The van der Waals surface area contributed by atoms with Crippen molar-refractivity contribution < 1.29 is 9.59 Å². The van der Waals surface area contributed by atoms with E-state index in [1.54, 1.807) is 6.07 Å². The van der Waals surface area contributed by atoms with Gasteiger partial charge in [-0.3, -0.25) is 9.59 Å². The summed E-state index contributed by atoms with van der Waals surface area (Å²) < 4.78 is 0. The summed E-state index contributed by atoms with van der Waals surface area (Å²) in [5, 5.41) is 3.24. The Morgan fingerprint density at radius 3 is 1.97 bits per heavy atom. The van der Waals surface area contributed by atoms with Crippen LogP contribution in [0.2, 0.25) is 0 Å². The van der Waals surface area contributed by atoms with Gasteiger partial charge in [0.2, 0.25) is 0 Å². The highest BCUT2D eigenvalue weighted by atomic mass is 16.2. The number of carbonyl (C=O) groups is 2. The Bertz CT molecular complexity index is 1140. The van der Waals surface area contributed by atoms with Crippen molar-refractivity contribution in [3.63, 3.8) is 0 Å². The summed E-state index contributed by atoms with van der Waals surface area (Å²) in [4.78, 5) is 28.1. The number of anilines is 2. The van der Waals surface area contributed by atoms with Gasteiger partial charge in [-0.1, -0.05) is 66.2 Å². The van der Waals surface area contributed by atoms with Crippen molar-refractivity contribution in [2.45, 2.75) is 20.8 Å². The smallest absolute Gasteiger partial charge is 0.282 e. The standard InChI is InChI=1S/C25H22N2O2/c1-16-12-14-19(15-13-16)22-23(26-20-10-6-4-8-17(20)2)25(29)27(24(22)28)21-11-7-5-9-18(21)3/h4-15,26H,1-3H3. The Morgan fingerprint density at radius 2 is 1.31 bits per heavy atom. The van der Waals surface area contributed by atoms with Crippen LogP contribution in [0.4, 0.5) is 11.4 Å². The molecule has 0 radical (unpaired) electrons. The van der Waals surface area contributed by atoms with Gasteiger partial charge in [0.1, 0.15) is 5.70 Å². The second-order valence-corrected chi connectivity index (χ2v) is 7.29. The third-order valence-electron chi connectivity index (χ3n) is 5.19. The van der Waals surface area contributed by atoms with Gasteiger partial charge in [0.05, 0.1) is 11.3 Å². The molecule has 29 heavy (non-hydrogen) atoms. The first kappa shape index (κ1) is 18.7. The summed E-state index contributed by atoms with van der Waals surface area (Å²) >= 11 is 0. The fraction of sp³-hybridized carbons (Fsp3) is 0.120. The van der Waals surface area contributed by atoms with Gasteiger partial charge < -0.3 is 5.32 Å². The second-order valence-electron chi connectivity index (χ2n) is 7.29. The van der Waals surface area contributed by atoms with E-state index < -0.39 is 0 Å². The highest BCUT2D eigenvalue weighted by molar-refractivity contribution is 6.46. The van der Waals surface area contributed by atoms with Crippen LogP contribution in [0.5, 0.6) is 0 Å². The number of nitrogens with zero attached hydrogens (tertiary/aromatic N) is 1. The van der Waals surface area contributed by atoms with Gasteiger partial charge in [0, 0.05) is 5.69 Å². The molecule has 0 fully saturated rings. The minimum absolute atomic E-state index is 0.302. The molecule has 1 aliphatic heterocycles. The third-order valence-corrected chi connectivity index (χ3v) is 5.19. The van der Waals surface area contributed by atoms with Crippen LogP contribution in [0, 0.1) is 20.8 Å². The third kappa shape index (κ3) is 3.34. The van der Waals surface area contributed by atoms with Gasteiger partial charge in [-0.25, -0.2) is 4.90 Å². The van der Waals surface area contributed by atoms with Crippen LogP contribution in [0.15, 0.2) is 78.5 Å². The molecule has 2 amide bonds. The van der Waals surface area contributed by atoms with Crippen molar-refractivity contribution in [1.29, 1.82) is 0 Å². The zero-order valence-corrected chi connectivity index (χ0v) is 16.7.